The summed E-state index contributed by atoms with van der Waals surface area (Å²) in [6, 6.07) is 2.33. The van der Waals surface area contributed by atoms with Crippen LogP contribution in [0, 0.1) is 5.92 Å². The fourth-order valence-electron chi connectivity index (χ4n) is 2.73. The molecule has 0 aromatic heterocycles. The highest BCUT2D eigenvalue weighted by atomic mass is 35.5. The van der Waals surface area contributed by atoms with Gasteiger partial charge in [-0.25, -0.2) is 8.42 Å². The standard InChI is InChI=1S/C14H18ClF3N2O2S.ClH/c1-19-8-10-3-2-6-20(9-10)23(21,22)13-5-4-11(7-12(13)15)14(16,17)18;/h4-5,7,10,19H,2-3,6,8-9H2,1H3;1H. The van der Waals surface area contributed by atoms with Crippen molar-refractivity contribution in [3.63, 3.8) is 0 Å². The summed E-state index contributed by atoms with van der Waals surface area (Å²) in [5.74, 6) is 0.178. The Morgan fingerprint density at radius 1 is 1.38 bits per heavy atom. The fourth-order valence-corrected chi connectivity index (χ4v) is 4.80. The monoisotopic (exact) mass is 406 g/mol. The third-order valence-electron chi connectivity index (χ3n) is 3.85. The predicted octanol–water partition coefficient (Wildman–Crippen LogP) is 3.40. The zero-order chi connectivity index (χ0) is 17.3. The zero-order valence-electron chi connectivity index (χ0n) is 12.9. The Hall–Kier alpha value is -0.540. The summed E-state index contributed by atoms with van der Waals surface area (Å²) in [7, 11) is -2.11. The molecule has 24 heavy (non-hydrogen) atoms. The molecule has 0 radical (unpaired) electrons. The first-order chi connectivity index (χ1) is 10.7. The second kappa shape index (κ2) is 8.23. The first kappa shape index (κ1) is 21.5. The third-order valence-corrected chi connectivity index (χ3v) is 6.20. The van der Waals surface area contributed by atoms with Gasteiger partial charge in [-0.2, -0.15) is 17.5 Å². The van der Waals surface area contributed by atoms with E-state index in [4.69, 9.17) is 11.6 Å². The van der Waals surface area contributed by atoms with Crippen LogP contribution in [0.1, 0.15) is 18.4 Å². The average molecular weight is 407 g/mol. The Labute approximate surface area is 150 Å². The summed E-state index contributed by atoms with van der Waals surface area (Å²) >= 11 is 5.82. The van der Waals surface area contributed by atoms with Crippen molar-refractivity contribution >= 4 is 34.0 Å². The number of benzene rings is 1. The van der Waals surface area contributed by atoms with Crippen molar-refractivity contribution in [2.75, 3.05) is 26.7 Å². The SMILES string of the molecule is CNCC1CCCN(S(=O)(=O)c2ccc(C(F)(F)F)cc2Cl)C1.Cl. The molecule has 1 aliphatic heterocycles. The van der Waals surface area contributed by atoms with Crippen molar-refractivity contribution in [1.29, 1.82) is 0 Å². The van der Waals surface area contributed by atoms with Gasteiger partial charge in [0, 0.05) is 13.1 Å². The molecule has 1 aromatic rings. The smallest absolute Gasteiger partial charge is 0.319 e. The van der Waals surface area contributed by atoms with Crippen LogP contribution in [0.2, 0.25) is 5.02 Å². The molecular weight excluding hydrogens is 388 g/mol. The second-order valence-electron chi connectivity index (χ2n) is 5.57. The number of halogens is 5. The van der Waals surface area contributed by atoms with E-state index in [1.807, 2.05) is 0 Å². The van der Waals surface area contributed by atoms with Crippen molar-refractivity contribution in [3.8, 4) is 0 Å². The summed E-state index contributed by atoms with van der Waals surface area (Å²) in [6.45, 7) is 1.37. The van der Waals surface area contributed by atoms with Gasteiger partial charge in [0.25, 0.3) is 0 Å². The number of hydrogen-bond acceptors (Lipinski definition) is 3. The molecule has 1 atom stereocenters. The van der Waals surface area contributed by atoms with Crippen LogP contribution in [0.25, 0.3) is 0 Å². The van der Waals surface area contributed by atoms with E-state index in [-0.39, 0.29) is 23.2 Å². The van der Waals surface area contributed by atoms with Crippen molar-refractivity contribution in [3.05, 3.63) is 28.8 Å². The van der Waals surface area contributed by atoms with Crippen LogP contribution >= 0.6 is 24.0 Å². The van der Waals surface area contributed by atoms with Crippen molar-refractivity contribution in [1.82, 2.24) is 9.62 Å². The van der Waals surface area contributed by atoms with Gasteiger partial charge in [-0.1, -0.05) is 11.6 Å². The average Bonchev–Trinajstić information content (AvgIpc) is 2.46. The van der Waals surface area contributed by atoms with Crippen LogP contribution in [0.5, 0.6) is 0 Å². The van der Waals surface area contributed by atoms with Crippen molar-refractivity contribution in [2.45, 2.75) is 23.9 Å². The molecular formula is C14H19Cl2F3N2O2S. The second-order valence-corrected chi connectivity index (χ2v) is 7.89. The van der Waals surface area contributed by atoms with Gasteiger partial charge < -0.3 is 5.32 Å². The molecule has 1 aromatic carbocycles. The third kappa shape index (κ3) is 4.76. The van der Waals surface area contributed by atoms with Crippen LogP contribution in [0.3, 0.4) is 0 Å². The van der Waals surface area contributed by atoms with E-state index in [1.165, 1.54) is 4.31 Å². The highest BCUT2D eigenvalue weighted by molar-refractivity contribution is 7.89. The van der Waals surface area contributed by atoms with E-state index >= 15 is 0 Å². The topological polar surface area (TPSA) is 49.4 Å². The van der Waals surface area contributed by atoms with Gasteiger partial charge in [0.05, 0.1) is 10.6 Å². The molecule has 1 aliphatic rings. The van der Waals surface area contributed by atoms with E-state index < -0.39 is 26.8 Å². The summed E-state index contributed by atoms with van der Waals surface area (Å²) in [5.41, 5.74) is -0.965. The Morgan fingerprint density at radius 2 is 2.04 bits per heavy atom. The Morgan fingerprint density at radius 3 is 2.58 bits per heavy atom. The van der Waals surface area contributed by atoms with Crippen molar-refractivity contribution < 1.29 is 21.6 Å². The number of alkyl halides is 3. The van der Waals surface area contributed by atoms with E-state index in [1.54, 1.807) is 7.05 Å². The molecule has 0 amide bonds. The number of piperidine rings is 1. The zero-order valence-corrected chi connectivity index (χ0v) is 15.3. The van der Waals surface area contributed by atoms with Gasteiger partial charge in [-0.15, -0.1) is 12.4 Å². The lowest BCUT2D eigenvalue weighted by Gasteiger charge is -2.32. The maximum atomic E-state index is 12.7. The van der Waals surface area contributed by atoms with Gasteiger partial charge >= 0.3 is 6.18 Å². The molecule has 0 bridgehead atoms. The summed E-state index contributed by atoms with van der Waals surface area (Å²) in [6.07, 6.45) is -2.94. The van der Waals surface area contributed by atoms with Crippen LogP contribution in [-0.4, -0.2) is 39.4 Å². The first-order valence-electron chi connectivity index (χ1n) is 7.17. The lowest BCUT2D eigenvalue weighted by molar-refractivity contribution is -0.137. The number of nitrogens with one attached hydrogen (secondary N) is 1. The van der Waals surface area contributed by atoms with Gasteiger partial charge in [-0.3, -0.25) is 0 Å². The van der Waals surface area contributed by atoms with E-state index in [9.17, 15) is 21.6 Å². The Bertz CT molecular complexity index is 666. The van der Waals surface area contributed by atoms with Crippen LogP contribution < -0.4 is 5.32 Å². The Kier molecular flexibility index (Phi) is 7.37. The molecule has 138 valence electrons. The highest BCUT2D eigenvalue weighted by Crippen LogP contribution is 2.35. The highest BCUT2D eigenvalue weighted by Gasteiger charge is 2.34. The molecule has 2 rings (SSSR count). The molecule has 0 saturated carbocycles. The van der Waals surface area contributed by atoms with Gasteiger partial charge in [0.15, 0.2) is 0 Å². The molecule has 1 fully saturated rings. The van der Waals surface area contributed by atoms with E-state index in [0.29, 0.717) is 32.1 Å². The fraction of sp³-hybridized carbons (Fsp3) is 0.571. The molecule has 1 heterocycles. The lowest BCUT2D eigenvalue weighted by atomic mass is 10.00. The quantitative estimate of drug-likeness (QED) is 0.833. The number of nitrogens with zero attached hydrogens (tertiary/aromatic N) is 1. The van der Waals surface area contributed by atoms with Crippen LogP contribution in [0.15, 0.2) is 23.1 Å². The van der Waals surface area contributed by atoms with E-state index in [0.717, 1.165) is 18.6 Å². The largest absolute Gasteiger partial charge is 0.416 e. The molecule has 1 saturated heterocycles. The van der Waals surface area contributed by atoms with Crippen LogP contribution in [-0.2, 0) is 16.2 Å². The van der Waals surface area contributed by atoms with Gasteiger partial charge in [-0.05, 0) is 50.6 Å². The maximum Gasteiger partial charge on any atom is 0.416 e. The molecule has 1 unspecified atom stereocenters. The minimum atomic E-state index is -4.56. The molecule has 0 spiro atoms. The van der Waals surface area contributed by atoms with Gasteiger partial charge in [0.2, 0.25) is 10.0 Å². The predicted molar refractivity (Wildman–Crippen MR) is 89.1 cm³/mol. The number of hydrogen-bond donors (Lipinski definition) is 1. The molecule has 4 nitrogen and oxygen atoms in total. The number of rotatable bonds is 4. The van der Waals surface area contributed by atoms with Crippen molar-refractivity contribution in [2.24, 2.45) is 5.92 Å². The maximum absolute atomic E-state index is 12.7. The summed E-state index contributed by atoms with van der Waals surface area (Å²) in [4.78, 5) is -0.280. The lowest BCUT2D eigenvalue weighted by Crippen LogP contribution is -2.42. The normalized spacial score (nSPS) is 19.8. The molecule has 1 N–H and O–H groups in total. The van der Waals surface area contributed by atoms with E-state index in [2.05, 4.69) is 5.32 Å². The molecule has 0 aliphatic carbocycles. The minimum absolute atomic E-state index is 0. The minimum Gasteiger partial charge on any atom is -0.319 e. The number of sulfonamides is 1. The van der Waals surface area contributed by atoms with Gasteiger partial charge in [0.1, 0.15) is 4.90 Å². The Balaban J connectivity index is 0.00000288. The first-order valence-corrected chi connectivity index (χ1v) is 8.99. The molecule has 10 heteroatoms. The van der Waals surface area contributed by atoms with Crippen LogP contribution in [0.4, 0.5) is 13.2 Å². The summed E-state index contributed by atoms with van der Waals surface area (Å²) < 4.78 is 64.6. The summed E-state index contributed by atoms with van der Waals surface area (Å²) in [5, 5.41) is 2.61.